The average molecular weight is 263 g/mol. The Kier molecular flexibility index (Phi) is 5.24. The highest BCUT2D eigenvalue weighted by Gasteiger charge is 2.18. The summed E-state index contributed by atoms with van der Waals surface area (Å²) in [6.07, 6.45) is 0. The second kappa shape index (κ2) is 6.46. The molecule has 4 heteroatoms. The van der Waals surface area contributed by atoms with E-state index in [9.17, 15) is 4.79 Å². The Morgan fingerprint density at radius 1 is 1.22 bits per heavy atom. The molecule has 0 aromatic heterocycles. The molecule has 0 aliphatic heterocycles. The van der Waals surface area contributed by atoms with Gasteiger partial charge in [0.1, 0.15) is 5.40 Å². The Hall–Kier alpha value is -1.47. The number of carbonyl (C=O) groups is 1. The zero-order valence-corrected chi connectivity index (χ0v) is 11.6. The molecule has 1 N–H and O–H groups in total. The summed E-state index contributed by atoms with van der Waals surface area (Å²) in [6.45, 7) is 5.81. The number of rotatable bonds is 5. The van der Waals surface area contributed by atoms with Gasteiger partial charge < -0.3 is 5.11 Å². The van der Waals surface area contributed by atoms with Crippen molar-refractivity contribution in [3.63, 3.8) is 0 Å². The molecule has 2 atom stereocenters. The minimum Gasteiger partial charge on any atom is -0.481 e. The predicted molar refractivity (Wildman–Crippen MR) is 73.3 cm³/mol. The first-order chi connectivity index (χ1) is 8.47. The van der Waals surface area contributed by atoms with Crippen LogP contribution in [0.25, 0.3) is 0 Å². The number of hydrogen-bond acceptors (Lipinski definition) is 3. The number of nitrogens with zero attached hydrogens (tertiary/aromatic N) is 1. The molecule has 3 nitrogen and oxygen atoms in total. The van der Waals surface area contributed by atoms with E-state index in [2.05, 4.69) is 19.2 Å². The number of aliphatic carboxylic acids is 1. The quantitative estimate of drug-likeness (QED) is 0.821. The standard InChI is InChI=1S/C14H17NO2S/c1-9(2)13(18-8-15)12-6-4-11(5-7-12)10(3)14(16)17/h4-7,9-10,13H,1-3H3,(H,16,17). The third kappa shape index (κ3) is 3.51. The van der Waals surface area contributed by atoms with Gasteiger partial charge in [-0.2, -0.15) is 5.26 Å². The van der Waals surface area contributed by atoms with E-state index in [1.54, 1.807) is 6.92 Å². The highest BCUT2D eigenvalue weighted by atomic mass is 32.2. The Bertz CT molecular complexity index is 448. The lowest BCUT2D eigenvalue weighted by Gasteiger charge is -2.18. The van der Waals surface area contributed by atoms with Gasteiger partial charge in [-0.1, -0.05) is 38.1 Å². The van der Waals surface area contributed by atoms with Crippen molar-refractivity contribution >= 4 is 17.7 Å². The Morgan fingerprint density at radius 3 is 2.11 bits per heavy atom. The third-order valence-corrected chi connectivity index (χ3v) is 4.10. The summed E-state index contributed by atoms with van der Waals surface area (Å²) in [6, 6.07) is 7.51. The minimum atomic E-state index is -0.824. The van der Waals surface area contributed by atoms with Gasteiger partial charge in [0.2, 0.25) is 0 Å². The minimum absolute atomic E-state index is 0.129. The number of carboxylic acid groups (broad SMARTS) is 1. The molecular weight excluding hydrogens is 246 g/mol. The lowest BCUT2D eigenvalue weighted by atomic mass is 9.96. The molecule has 0 amide bonds. The third-order valence-electron chi connectivity index (χ3n) is 2.92. The summed E-state index contributed by atoms with van der Waals surface area (Å²) in [5, 5.41) is 20.0. The lowest BCUT2D eigenvalue weighted by molar-refractivity contribution is -0.138. The average Bonchev–Trinajstić information content (AvgIpc) is 2.35. The topological polar surface area (TPSA) is 61.1 Å². The molecule has 1 aromatic rings. The molecule has 0 aliphatic rings. The van der Waals surface area contributed by atoms with Gasteiger partial charge >= 0.3 is 5.97 Å². The molecular formula is C14H17NO2S. The molecule has 1 aromatic carbocycles. The van der Waals surface area contributed by atoms with Gasteiger partial charge in [0.15, 0.2) is 0 Å². The van der Waals surface area contributed by atoms with Crippen molar-refractivity contribution in [3.8, 4) is 5.40 Å². The molecule has 1 rings (SSSR count). The molecule has 0 bridgehead atoms. The van der Waals surface area contributed by atoms with Gasteiger partial charge in [0, 0.05) is 5.25 Å². The van der Waals surface area contributed by atoms with Crippen LogP contribution in [0.4, 0.5) is 0 Å². The van der Waals surface area contributed by atoms with Gasteiger partial charge in [-0.3, -0.25) is 4.79 Å². The first-order valence-electron chi connectivity index (χ1n) is 5.84. The van der Waals surface area contributed by atoms with E-state index in [0.717, 1.165) is 11.1 Å². The lowest BCUT2D eigenvalue weighted by Crippen LogP contribution is -2.08. The summed E-state index contributed by atoms with van der Waals surface area (Å²) < 4.78 is 0. The van der Waals surface area contributed by atoms with E-state index >= 15 is 0 Å². The predicted octanol–water partition coefficient (Wildman–Crippen LogP) is 3.79. The SMILES string of the molecule is CC(C(=O)O)c1ccc(C(SC#N)C(C)C)cc1. The van der Waals surface area contributed by atoms with Gasteiger partial charge in [0.25, 0.3) is 0 Å². The molecule has 0 saturated heterocycles. The van der Waals surface area contributed by atoms with Gasteiger partial charge in [-0.15, -0.1) is 0 Å². The second-order valence-corrected chi connectivity index (χ2v) is 5.53. The van der Waals surface area contributed by atoms with E-state index < -0.39 is 11.9 Å². The van der Waals surface area contributed by atoms with E-state index in [1.807, 2.05) is 24.3 Å². The molecule has 18 heavy (non-hydrogen) atoms. The van der Waals surface area contributed by atoms with Crippen LogP contribution in [0.2, 0.25) is 0 Å². The Morgan fingerprint density at radius 2 is 1.72 bits per heavy atom. The van der Waals surface area contributed by atoms with Crippen LogP contribution in [0.1, 0.15) is 43.1 Å². The molecule has 0 radical (unpaired) electrons. The van der Waals surface area contributed by atoms with E-state index in [1.165, 1.54) is 11.8 Å². The van der Waals surface area contributed by atoms with Crippen LogP contribution in [0.5, 0.6) is 0 Å². The summed E-state index contributed by atoms with van der Waals surface area (Å²) in [4.78, 5) is 10.9. The Labute approximate surface area is 112 Å². The van der Waals surface area contributed by atoms with Crippen LogP contribution in [0.3, 0.4) is 0 Å². The van der Waals surface area contributed by atoms with Crippen molar-refractivity contribution in [1.29, 1.82) is 5.26 Å². The van der Waals surface area contributed by atoms with Gasteiger partial charge in [-0.25, -0.2) is 0 Å². The number of hydrogen-bond donors (Lipinski definition) is 1. The van der Waals surface area contributed by atoms with Crippen molar-refractivity contribution in [1.82, 2.24) is 0 Å². The molecule has 0 heterocycles. The molecule has 0 fully saturated rings. The molecule has 0 aliphatic carbocycles. The van der Waals surface area contributed by atoms with Crippen LogP contribution >= 0.6 is 11.8 Å². The summed E-state index contributed by atoms with van der Waals surface area (Å²) in [5.74, 6) is -0.966. The summed E-state index contributed by atoms with van der Waals surface area (Å²) in [7, 11) is 0. The second-order valence-electron chi connectivity index (χ2n) is 4.60. The van der Waals surface area contributed by atoms with Crippen LogP contribution in [-0.2, 0) is 4.79 Å². The number of thioether (sulfide) groups is 1. The number of nitriles is 1. The van der Waals surface area contributed by atoms with Crippen LogP contribution in [0, 0.1) is 16.6 Å². The highest BCUT2D eigenvalue weighted by Crippen LogP contribution is 2.35. The Balaban J connectivity index is 2.94. The number of benzene rings is 1. The maximum Gasteiger partial charge on any atom is 0.310 e. The van der Waals surface area contributed by atoms with Crippen LogP contribution in [-0.4, -0.2) is 11.1 Å². The van der Waals surface area contributed by atoms with Crippen LogP contribution in [0.15, 0.2) is 24.3 Å². The van der Waals surface area contributed by atoms with Crippen molar-refractivity contribution in [2.24, 2.45) is 5.92 Å². The van der Waals surface area contributed by atoms with E-state index in [-0.39, 0.29) is 5.25 Å². The van der Waals surface area contributed by atoms with Gasteiger partial charge in [-0.05, 0) is 35.7 Å². The smallest absolute Gasteiger partial charge is 0.310 e. The monoisotopic (exact) mass is 263 g/mol. The zero-order valence-electron chi connectivity index (χ0n) is 10.8. The number of thiocyanates is 1. The van der Waals surface area contributed by atoms with Crippen molar-refractivity contribution in [3.05, 3.63) is 35.4 Å². The largest absolute Gasteiger partial charge is 0.481 e. The fourth-order valence-electron chi connectivity index (χ4n) is 1.76. The first kappa shape index (κ1) is 14.6. The normalized spacial score (nSPS) is 13.9. The molecule has 0 spiro atoms. The molecule has 2 unspecified atom stereocenters. The summed E-state index contributed by atoms with van der Waals surface area (Å²) in [5.41, 5.74) is 1.86. The molecule has 96 valence electrons. The highest BCUT2D eigenvalue weighted by molar-refractivity contribution is 8.03. The van der Waals surface area contributed by atoms with Crippen molar-refractivity contribution in [2.75, 3.05) is 0 Å². The summed E-state index contributed by atoms with van der Waals surface area (Å²) >= 11 is 1.25. The van der Waals surface area contributed by atoms with E-state index in [0.29, 0.717) is 5.92 Å². The maximum atomic E-state index is 10.9. The van der Waals surface area contributed by atoms with Crippen molar-refractivity contribution < 1.29 is 9.90 Å². The van der Waals surface area contributed by atoms with Crippen molar-refractivity contribution in [2.45, 2.75) is 31.9 Å². The fourth-order valence-corrected chi connectivity index (χ4v) is 2.44. The van der Waals surface area contributed by atoms with E-state index in [4.69, 9.17) is 10.4 Å². The fraction of sp³-hybridized carbons (Fsp3) is 0.429. The molecule has 0 saturated carbocycles. The van der Waals surface area contributed by atoms with Gasteiger partial charge in [0.05, 0.1) is 5.92 Å². The first-order valence-corrected chi connectivity index (χ1v) is 6.72. The zero-order chi connectivity index (χ0) is 13.7. The van der Waals surface area contributed by atoms with Crippen LogP contribution < -0.4 is 0 Å². The maximum absolute atomic E-state index is 10.9. The number of carboxylic acids is 1.